The number of ketones is 1. The predicted molar refractivity (Wildman–Crippen MR) is 120 cm³/mol. The molecule has 2 heterocycles. The zero-order chi connectivity index (χ0) is 23.8. The molecule has 0 radical (unpaired) electrons. The van der Waals surface area contributed by atoms with Gasteiger partial charge in [-0.1, -0.05) is 6.07 Å². The first-order valence-corrected chi connectivity index (χ1v) is 11.2. The molecule has 0 bridgehead atoms. The van der Waals surface area contributed by atoms with Gasteiger partial charge in [0.15, 0.2) is 0 Å². The van der Waals surface area contributed by atoms with Crippen LogP contribution in [0.1, 0.15) is 17.2 Å². The third-order valence-corrected chi connectivity index (χ3v) is 6.18. The molecule has 1 amide bonds. The minimum atomic E-state index is -3.94. The Labute approximate surface area is 189 Å². The Kier molecular flexibility index (Phi) is 5.71. The molecule has 0 aliphatic carbocycles. The average Bonchev–Trinajstić information content (AvgIpc) is 3.09. The van der Waals surface area contributed by atoms with E-state index in [0.717, 1.165) is 0 Å². The van der Waals surface area contributed by atoms with Gasteiger partial charge in [0.05, 0.1) is 23.6 Å². The zero-order valence-electron chi connectivity index (χ0n) is 17.4. The number of methoxy groups -OCH3 is 1. The van der Waals surface area contributed by atoms with Gasteiger partial charge in [0, 0.05) is 23.6 Å². The van der Waals surface area contributed by atoms with Crippen molar-refractivity contribution in [2.75, 3.05) is 12.0 Å². The molecule has 3 aromatic rings. The molecular weight excluding hydrogens is 446 g/mol. The number of aliphatic hydroxyl groups is 1. The standard InChI is InChI=1S/C23H19N3O6S/c1-32-17-8-4-14(5-9-17)21(27)19-20(15-3-2-12-25-13-15)26(23(29)22(19)28)16-6-10-18(11-7-16)33(24,30)31/h2-13,20,27H,1H3,(H2,24,30,31)/b21-19+. The fourth-order valence-electron chi connectivity index (χ4n) is 3.65. The smallest absolute Gasteiger partial charge is 0.300 e. The second kappa shape index (κ2) is 8.49. The predicted octanol–water partition coefficient (Wildman–Crippen LogP) is 2.36. The van der Waals surface area contributed by atoms with Crippen molar-refractivity contribution in [2.45, 2.75) is 10.9 Å². The Balaban J connectivity index is 1.89. The summed E-state index contributed by atoms with van der Waals surface area (Å²) in [6, 6.07) is 14.0. The lowest BCUT2D eigenvalue weighted by atomic mass is 9.96. The summed E-state index contributed by atoms with van der Waals surface area (Å²) in [5, 5.41) is 16.2. The SMILES string of the molecule is COc1ccc(/C(O)=C2\C(=O)C(=O)N(c3ccc(S(N)(=O)=O)cc3)C2c2cccnc2)cc1. The Morgan fingerprint density at radius 1 is 1.06 bits per heavy atom. The van der Waals surface area contributed by atoms with Crippen LogP contribution in [0.15, 0.2) is 83.5 Å². The molecule has 10 heteroatoms. The maximum atomic E-state index is 13.1. The van der Waals surface area contributed by atoms with E-state index in [1.54, 1.807) is 42.6 Å². The molecule has 1 fully saturated rings. The van der Waals surface area contributed by atoms with Crippen LogP contribution in [0.5, 0.6) is 5.75 Å². The Bertz CT molecular complexity index is 1350. The molecule has 1 saturated heterocycles. The van der Waals surface area contributed by atoms with E-state index in [2.05, 4.69) is 4.98 Å². The third kappa shape index (κ3) is 4.09. The number of amides is 1. The topological polar surface area (TPSA) is 140 Å². The van der Waals surface area contributed by atoms with Crippen molar-refractivity contribution < 1.29 is 27.9 Å². The van der Waals surface area contributed by atoms with Crippen molar-refractivity contribution in [3.05, 3.63) is 89.8 Å². The first-order valence-electron chi connectivity index (χ1n) is 9.70. The lowest BCUT2D eigenvalue weighted by molar-refractivity contribution is -0.132. The van der Waals surface area contributed by atoms with Crippen molar-refractivity contribution >= 4 is 33.2 Å². The van der Waals surface area contributed by atoms with Crippen molar-refractivity contribution in [1.29, 1.82) is 0 Å². The van der Waals surface area contributed by atoms with Crippen molar-refractivity contribution in [3.63, 3.8) is 0 Å². The molecule has 2 aromatic carbocycles. The minimum absolute atomic E-state index is 0.117. The summed E-state index contributed by atoms with van der Waals surface area (Å²) in [6.07, 6.45) is 3.03. The van der Waals surface area contributed by atoms with Crippen LogP contribution in [0.2, 0.25) is 0 Å². The maximum absolute atomic E-state index is 13.1. The van der Waals surface area contributed by atoms with Crippen LogP contribution in [0.3, 0.4) is 0 Å². The number of benzene rings is 2. The first kappa shape index (κ1) is 22.2. The van der Waals surface area contributed by atoms with E-state index in [4.69, 9.17) is 9.88 Å². The molecule has 0 spiro atoms. The highest BCUT2D eigenvalue weighted by Crippen LogP contribution is 2.42. The average molecular weight is 465 g/mol. The number of hydrogen-bond acceptors (Lipinski definition) is 7. The van der Waals surface area contributed by atoms with E-state index in [-0.39, 0.29) is 21.9 Å². The van der Waals surface area contributed by atoms with E-state index in [0.29, 0.717) is 16.9 Å². The number of carbonyl (C=O) groups excluding carboxylic acids is 2. The number of pyridine rings is 1. The molecule has 168 valence electrons. The van der Waals surface area contributed by atoms with Gasteiger partial charge in [-0.3, -0.25) is 19.5 Å². The van der Waals surface area contributed by atoms with Crippen LogP contribution in [-0.2, 0) is 19.6 Å². The van der Waals surface area contributed by atoms with Crippen LogP contribution in [0.25, 0.3) is 5.76 Å². The van der Waals surface area contributed by atoms with E-state index < -0.39 is 27.8 Å². The van der Waals surface area contributed by atoms with E-state index >= 15 is 0 Å². The molecule has 1 aliphatic rings. The molecule has 1 atom stereocenters. The van der Waals surface area contributed by atoms with Gasteiger partial charge in [-0.15, -0.1) is 0 Å². The molecule has 1 aliphatic heterocycles. The number of primary sulfonamides is 1. The number of nitrogens with zero attached hydrogens (tertiary/aromatic N) is 2. The van der Waals surface area contributed by atoms with Crippen molar-refractivity contribution in [3.8, 4) is 5.75 Å². The molecule has 0 saturated carbocycles. The summed E-state index contributed by atoms with van der Waals surface area (Å²) in [4.78, 5) is 31.3. The van der Waals surface area contributed by atoms with Gasteiger partial charge in [-0.05, 0) is 60.2 Å². The molecule has 9 nitrogen and oxygen atoms in total. The maximum Gasteiger partial charge on any atom is 0.300 e. The van der Waals surface area contributed by atoms with Crippen molar-refractivity contribution in [2.24, 2.45) is 5.14 Å². The summed E-state index contributed by atoms with van der Waals surface area (Å²) < 4.78 is 28.3. The van der Waals surface area contributed by atoms with Gasteiger partial charge in [-0.2, -0.15) is 0 Å². The molecule has 1 aromatic heterocycles. The Morgan fingerprint density at radius 2 is 1.73 bits per heavy atom. The molecule has 1 unspecified atom stereocenters. The first-order chi connectivity index (χ1) is 15.7. The molecular formula is C23H19N3O6S. The molecule has 33 heavy (non-hydrogen) atoms. The number of anilines is 1. The number of ether oxygens (including phenoxy) is 1. The molecule has 3 N–H and O–H groups in total. The second-order valence-corrected chi connectivity index (χ2v) is 8.78. The van der Waals surface area contributed by atoms with Crippen LogP contribution < -0.4 is 14.8 Å². The molecule has 4 rings (SSSR count). The minimum Gasteiger partial charge on any atom is -0.507 e. The number of aromatic nitrogens is 1. The number of rotatable bonds is 5. The highest BCUT2D eigenvalue weighted by molar-refractivity contribution is 7.89. The Morgan fingerprint density at radius 3 is 2.27 bits per heavy atom. The van der Waals surface area contributed by atoms with Crippen LogP contribution >= 0.6 is 0 Å². The number of hydrogen-bond donors (Lipinski definition) is 2. The van der Waals surface area contributed by atoms with E-state index in [9.17, 15) is 23.1 Å². The lowest BCUT2D eigenvalue weighted by Gasteiger charge is -2.25. The van der Waals surface area contributed by atoms with Crippen LogP contribution in [-0.4, -0.2) is 37.3 Å². The number of sulfonamides is 1. The normalized spacial score (nSPS) is 17.9. The highest BCUT2D eigenvalue weighted by atomic mass is 32.2. The van der Waals surface area contributed by atoms with Crippen molar-refractivity contribution in [1.82, 2.24) is 4.98 Å². The lowest BCUT2D eigenvalue weighted by Crippen LogP contribution is -2.29. The third-order valence-electron chi connectivity index (χ3n) is 5.25. The number of Topliss-reactive ketones (excluding diaryl/α,β-unsaturated/α-hetero) is 1. The number of nitrogens with two attached hydrogens (primary N) is 1. The number of aliphatic hydroxyl groups excluding tert-OH is 1. The van der Waals surface area contributed by atoms with Crippen LogP contribution in [0.4, 0.5) is 5.69 Å². The van der Waals surface area contributed by atoms with Crippen LogP contribution in [0, 0.1) is 0 Å². The van der Waals surface area contributed by atoms with Gasteiger partial charge in [0.2, 0.25) is 10.0 Å². The van der Waals surface area contributed by atoms with E-state index in [1.807, 2.05) is 0 Å². The fraction of sp³-hybridized carbons (Fsp3) is 0.0870. The summed E-state index contributed by atoms with van der Waals surface area (Å²) in [5.41, 5.74) is 0.954. The van der Waals surface area contributed by atoms with Gasteiger partial charge in [0.25, 0.3) is 11.7 Å². The summed E-state index contributed by atoms with van der Waals surface area (Å²) >= 11 is 0. The van der Waals surface area contributed by atoms with Gasteiger partial charge in [-0.25, -0.2) is 13.6 Å². The monoisotopic (exact) mass is 465 g/mol. The highest BCUT2D eigenvalue weighted by Gasteiger charge is 2.47. The summed E-state index contributed by atoms with van der Waals surface area (Å²) in [7, 11) is -2.44. The zero-order valence-corrected chi connectivity index (χ0v) is 18.2. The fourth-order valence-corrected chi connectivity index (χ4v) is 4.17. The van der Waals surface area contributed by atoms with Gasteiger partial charge < -0.3 is 9.84 Å². The number of carbonyl (C=O) groups is 2. The quantitative estimate of drug-likeness (QED) is 0.335. The second-order valence-electron chi connectivity index (χ2n) is 7.22. The summed E-state index contributed by atoms with van der Waals surface area (Å²) in [5.74, 6) is -1.55. The summed E-state index contributed by atoms with van der Waals surface area (Å²) in [6.45, 7) is 0. The van der Waals surface area contributed by atoms with Gasteiger partial charge in [0.1, 0.15) is 11.5 Å². The van der Waals surface area contributed by atoms with Gasteiger partial charge >= 0.3 is 0 Å². The largest absolute Gasteiger partial charge is 0.507 e. The Hall–Kier alpha value is -4.02. The van der Waals surface area contributed by atoms with E-state index in [1.165, 1.54) is 42.5 Å².